The molecule has 0 saturated heterocycles. The first-order chi connectivity index (χ1) is 10.2. The van der Waals surface area contributed by atoms with Crippen LogP contribution in [0.4, 0.5) is 5.95 Å². The summed E-state index contributed by atoms with van der Waals surface area (Å²) in [7, 11) is 0. The van der Waals surface area contributed by atoms with Crippen LogP contribution in [0.5, 0.6) is 0 Å². The van der Waals surface area contributed by atoms with Crippen LogP contribution in [0, 0.1) is 6.92 Å². The first-order valence-electron chi connectivity index (χ1n) is 6.63. The van der Waals surface area contributed by atoms with Crippen LogP contribution in [0.25, 0.3) is 21.9 Å². The Balaban J connectivity index is 1.98. The van der Waals surface area contributed by atoms with Crippen LogP contribution in [-0.2, 0) is 6.54 Å². The number of thiazole rings is 1. The molecular weight excluding hydrogens is 282 g/mol. The number of aromatic nitrogens is 4. The maximum Gasteiger partial charge on any atom is 0.201 e. The summed E-state index contributed by atoms with van der Waals surface area (Å²) >= 11 is 1.64. The lowest BCUT2D eigenvalue weighted by atomic mass is 10.2. The van der Waals surface area contributed by atoms with Crippen molar-refractivity contribution in [3.63, 3.8) is 0 Å². The van der Waals surface area contributed by atoms with Gasteiger partial charge in [-0.1, -0.05) is 18.2 Å². The summed E-state index contributed by atoms with van der Waals surface area (Å²) in [5, 5.41) is 4.18. The zero-order valence-electron chi connectivity index (χ0n) is 11.4. The van der Waals surface area contributed by atoms with Crippen LogP contribution < -0.4 is 5.73 Å². The number of rotatable bonds is 2. The Morgan fingerprint density at radius 3 is 2.86 bits per heavy atom. The lowest BCUT2D eigenvalue weighted by molar-refractivity contribution is 0.815. The molecule has 0 amide bonds. The smallest absolute Gasteiger partial charge is 0.201 e. The summed E-state index contributed by atoms with van der Waals surface area (Å²) in [4.78, 5) is 13.4. The molecule has 0 radical (unpaired) electrons. The van der Waals surface area contributed by atoms with Gasteiger partial charge in [0.1, 0.15) is 5.52 Å². The number of imidazole rings is 1. The topological polar surface area (TPSA) is 69.6 Å². The minimum Gasteiger partial charge on any atom is -0.369 e. The van der Waals surface area contributed by atoms with Crippen molar-refractivity contribution in [3.8, 4) is 0 Å². The maximum atomic E-state index is 6.10. The third-order valence-electron chi connectivity index (χ3n) is 3.50. The molecule has 3 aromatic heterocycles. The standard InChI is InChI=1S/C15H13N5S/c1-9-18-10(8-21-9)7-20-14-11-4-2-3-5-12(11)17-6-13(14)19-15(20)16/h2-6,8H,7H2,1H3,(H2,16,19). The van der Waals surface area contributed by atoms with Gasteiger partial charge < -0.3 is 10.3 Å². The molecule has 0 saturated carbocycles. The number of nitrogen functional groups attached to an aromatic ring is 1. The van der Waals surface area contributed by atoms with Crippen LogP contribution in [0.2, 0.25) is 0 Å². The monoisotopic (exact) mass is 295 g/mol. The first kappa shape index (κ1) is 12.3. The average Bonchev–Trinajstić information content (AvgIpc) is 3.03. The molecule has 0 aliphatic heterocycles. The van der Waals surface area contributed by atoms with Gasteiger partial charge in [0.15, 0.2) is 0 Å². The van der Waals surface area contributed by atoms with Gasteiger partial charge in [0.25, 0.3) is 0 Å². The summed E-state index contributed by atoms with van der Waals surface area (Å²) in [5.41, 5.74) is 9.88. The quantitative estimate of drug-likeness (QED) is 0.617. The molecule has 0 atom stereocenters. The Morgan fingerprint density at radius 1 is 1.19 bits per heavy atom. The molecule has 3 heterocycles. The zero-order valence-corrected chi connectivity index (χ0v) is 12.3. The molecule has 0 fully saturated rings. The van der Waals surface area contributed by atoms with Gasteiger partial charge in [-0.2, -0.15) is 0 Å². The normalized spacial score (nSPS) is 11.5. The molecule has 1 aromatic carbocycles. The Bertz CT molecular complexity index is 953. The second kappa shape index (κ2) is 4.53. The molecule has 4 rings (SSSR count). The van der Waals surface area contributed by atoms with Crippen LogP contribution in [0.15, 0.2) is 35.8 Å². The van der Waals surface area contributed by atoms with Gasteiger partial charge in [0, 0.05) is 10.8 Å². The number of benzene rings is 1. The second-order valence-electron chi connectivity index (χ2n) is 4.92. The van der Waals surface area contributed by atoms with Crippen LogP contribution >= 0.6 is 11.3 Å². The molecule has 21 heavy (non-hydrogen) atoms. The number of aryl methyl sites for hydroxylation is 1. The van der Waals surface area contributed by atoms with E-state index in [4.69, 9.17) is 5.73 Å². The summed E-state index contributed by atoms with van der Waals surface area (Å²) in [5.74, 6) is 0.494. The van der Waals surface area contributed by atoms with Crippen molar-refractivity contribution >= 4 is 39.2 Å². The highest BCUT2D eigenvalue weighted by Gasteiger charge is 2.13. The molecule has 0 bridgehead atoms. The van der Waals surface area contributed by atoms with Gasteiger partial charge in [-0.05, 0) is 13.0 Å². The van der Waals surface area contributed by atoms with Crippen molar-refractivity contribution in [2.24, 2.45) is 0 Å². The van der Waals surface area contributed by atoms with Gasteiger partial charge in [0.2, 0.25) is 5.95 Å². The molecule has 4 aromatic rings. The Labute approximate surface area is 125 Å². The van der Waals surface area contributed by atoms with E-state index in [1.165, 1.54) is 0 Å². The fourth-order valence-electron chi connectivity index (χ4n) is 2.58. The summed E-state index contributed by atoms with van der Waals surface area (Å²) < 4.78 is 2.01. The third kappa shape index (κ3) is 1.95. The molecular formula is C15H13N5S. The number of fused-ring (bicyclic) bond motifs is 3. The molecule has 0 unspecified atom stereocenters. The highest BCUT2D eigenvalue weighted by atomic mass is 32.1. The number of nitrogens with two attached hydrogens (primary N) is 1. The number of hydrogen-bond donors (Lipinski definition) is 1. The average molecular weight is 295 g/mol. The van der Waals surface area contributed by atoms with E-state index in [-0.39, 0.29) is 0 Å². The lowest BCUT2D eigenvalue weighted by Gasteiger charge is -2.06. The number of nitrogens with zero attached hydrogens (tertiary/aromatic N) is 4. The predicted molar refractivity (Wildman–Crippen MR) is 85.4 cm³/mol. The molecule has 104 valence electrons. The fraction of sp³-hybridized carbons (Fsp3) is 0.133. The summed E-state index contributed by atoms with van der Waals surface area (Å²) in [6.07, 6.45) is 1.77. The van der Waals surface area contributed by atoms with Gasteiger partial charge in [-0.25, -0.2) is 9.97 Å². The fourth-order valence-corrected chi connectivity index (χ4v) is 3.19. The minimum absolute atomic E-state index is 0.494. The minimum atomic E-state index is 0.494. The Morgan fingerprint density at radius 2 is 2.05 bits per heavy atom. The number of anilines is 1. The van der Waals surface area contributed by atoms with Crippen molar-refractivity contribution in [3.05, 3.63) is 46.5 Å². The van der Waals surface area contributed by atoms with E-state index < -0.39 is 0 Å². The van der Waals surface area contributed by atoms with Gasteiger partial charge in [0.05, 0.1) is 34.5 Å². The van der Waals surface area contributed by atoms with Gasteiger partial charge in [-0.3, -0.25) is 4.98 Å². The van der Waals surface area contributed by atoms with Crippen molar-refractivity contribution in [1.82, 2.24) is 19.5 Å². The van der Waals surface area contributed by atoms with Crippen molar-refractivity contribution < 1.29 is 0 Å². The van der Waals surface area contributed by atoms with Crippen molar-refractivity contribution in [2.45, 2.75) is 13.5 Å². The first-order valence-corrected chi connectivity index (χ1v) is 7.51. The maximum absolute atomic E-state index is 6.10. The highest BCUT2D eigenvalue weighted by Crippen LogP contribution is 2.26. The van der Waals surface area contributed by atoms with E-state index in [0.29, 0.717) is 12.5 Å². The predicted octanol–water partition coefficient (Wildman–Crippen LogP) is 2.98. The van der Waals surface area contributed by atoms with E-state index in [2.05, 4.69) is 26.4 Å². The number of para-hydroxylation sites is 1. The SMILES string of the molecule is Cc1nc(Cn2c(N)nc3cnc4ccccc4c32)cs1. The van der Waals surface area contributed by atoms with Crippen LogP contribution in [0.1, 0.15) is 10.7 Å². The third-order valence-corrected chi connectivity index (χ3v) is 4.32. The zero-order chi connectivity index (χ0) is 14.4. The van der Waals surface area contributed by atoms with Crippen LogP contribution in [0.3, 0.4) is 0 Å². The highest BCUT2D eigenvalue weighted by molar-refractivity contribution is 7.09. The van der Waals surface area contributed by atoms with Crippen molar-refractivity contribution in [2.75, 3.05) is 5.73 Å². The molecule has 6 heteroatoms. The summed E-state index contributed by atoms with van der Waals surface area (Å²) in [6, 6.07) is 8.03. The van der Waals surface area contributed by atoms with E-state index in [1.54, 1.807) is 17.5 Å². The van der Waals surface area contributed by atoms with E-state index in [1.807, 2.05) is 29.7 Å². The molecule has 0 aliphatic carbocycles. The lowest BCUT2D eigenvalue weighted by Crippen LogP contribution is -2.05. The second-order valence-corrected chi connectivity index (χ2v) is 5.99. The summed E-state index contributed by atoms with van der Waals surface area (Å²) in [6.45, 7) is 2.63. The molecule has 0 spiro atoms. The van der Waals surface area contributed by atoms with E-state index in [0.717, 1.165) is 32.6 Å². The Kier molecular flexibility index (Phi) is 2.65. The Hall–Kier alpha value is -2.47. The van der Waals surface area contributed by atoms with Gasteiger partial charge in [-0.15, -0.1) is 11.3 Å². The van der Waals surface area contributed by atoms with E-state index in [9.17, 15) is 0 Å². The molecule has 5 nitrogen and oxygen atoms in total. The number of pyridine rings is 1. The molecule has 2 N–H and O–H groups in total. The number of hydrogen-bond acceptors (Lipinski definition) is 5. The van der Waals surface area contributed by atoms with Crippen molar-refractivity contribution in [1.29, 1.82) is 0 Å². The van der Waals surface area contributed by atoms with Crippen LogP contribution in [-0.4, -0.2) is 19.5 Å². The molecule has 0 aliphatic rings. The van der Waals surface area contributed by atoms with Gasteiger partial charge >= 0.3 is 0 Å². The largest absolute Gasteiger partial charge is 0.369 e. The van der Waals surface area contributed by atoms with E-state index >= 15 is 0 Å².